The molecule has 2 N–H and O–H groups in total. The van der Waals surface area contributed by atoms with Crippen molar-refractivity contribution in [3.63, 3.8) is 0 Å². The van der Waals surface area contributed by atoms with E-state index in [1.807, 2.05) is 6.07 Å². The van der Waals surface area contributed by atoms with E-state index in [1.54, 1.807) is 18.2 Å². The third kappa shape index (κ3) is 2.10. The number of halogens is 1. The maximum Gasteiger partial charge on any atom is 0.184 e. The van der Waals surface area contributed by atoms with Crippen molar-refractivity contribution in [2.75, 3.05) is 0 Å². The van der Waals surface area contributed by atoms with Crippen LogP contribution in [0.3, 0.4) is 0 Å². The summed E-state index contributed by atoms with van der Waals surface area (Å²) in [5, 5.41) is 8.29. The summed E-state index contributed by atoms with van der Waals surface area (Å²) in [7, 11) is -3.73. The van der Waals surface area contributed by atoms with E-state index in [4.69, 9.17) is 5.73 Å². The monoisotopic (exact) mass is 316 g/mol. The van der Waals surface area contributed by atoms with Crippen molar-refractivity contribution in [1.82, 2.24) is 0 Å². The maximum absolute atomic E-state index is 13.0. The lowest BCUT2D eigenvalue weighted by atomic mass is 10.1. The van der Waals surface area contributed by atoms with Gasteiger partial charge in [-0.2, -0.15) is 5.26 Å². The van der Waals surface area contributed by atoms with Gasteiger partial charge in [-0.15, -0.1) is 0 Å². The first kappa shape index (κ1) is 14.7. The van der Waals surface area contributed by atoms with E-state index in [1.165, 1.54) is 36.4 Å². The smallest absolute Gasteiger partial charge is 0.184 e. The lowest BCUT2D eigenvalue weighted by Crippen LogP contribution is -2.29. The molecule has 0 spiro atoms. The standard InChI is InChI=1S/C16H13FN2O2S/c17-12-8-6-11(7-9-12)14-15(16(14,19)10-18)22(20,21)13-4-2-1-3-5-13/h1-9,14-15H,19H2/t14-,15+,16-/m1/s1. The van der Waals surface area contributed by atoms with Crippen molar-refractivity contribution in [2.24, 2.45) is 5.73 Å². The number of rotatable bonds is 3. The largest absolute Gasteiger partial charge is 0.312 e. The fraction of sp³-hybridized carbons (Fsp3) is 0.188. The number of benzene rings is 2. The van der Waals surface area contributed by atoms with Crippen LogP contribution in [0.25, 0.3) is 0 Å². The molecule has 22 heavy (non-hydrogen) atoms. The third-order valence-corrected chi connectivity index (χ3v) is 6.27. The Morgan fingerprint density at radius 1 is 1.09 bits per heavy atom. The highest BCUT2D eigenvalue weighted by Gasteiger charge is 2.70. The van der Waals surface area contributed by atoms with E-state index in [2.05, 4.69) is 0 Å². The first-order valence-corrected chi connectivity index (χ1v) is 8.20. The van der Waals surface area contributed by atoms with Gasteiger partial charge in [-0.1, -0.05) is 30.3 Å². The van der Waals surface area contributed by atoms with E-state index < -0.39 is 32.4 Å². The molecular weight excluding hydrogens is 303 g/mol. The molecule has 2 aromatic carbocycles. The number of nitriles is 1. The van der Waals surface area contributed by atoms with Gasteiger partial charge in [-0.25, -0.2) is 12.8 Å². The molecule has 0 unspecified atom stereocenters. The van der Waals surface area contributed by atoms with Gasteiger partial charge in [0.15, 0.2) is 9.84 Å². The first-order chi connectivity index (χ1) is 10.4. The predicted molar refractivity (Wildman–Crippen MR) is 79.1 cm³/mol. The molecule has 3 atom stereocenters. The third-order valence-electron chi connectivity index (χ3n) is 4.01. The Bertz CT molecular complexity index is 844. The highest BCUT2D eigenvalue weighted by Crippen LogP contribution is 2.55. The van der Waals surface area contributed by atoms with Gasteiger partial charge in [-0.05, 0) is 29.8 Å². The van der Waals surface area contributed by atoms with Crippen LogP contribution in [-0.2, 0) is 9.84 Å². The fourth-order valence-electron chi connectivity index (χ4n) is 2.82. The van der Waals surface area contributed by atoms with Gasteiger partial charge in [0.25, 0.3) is 0 Å². The zero-order chi connectivity index (χ0) is 16.0. The summed E-state index contributed by atoms with van der Waals surface area (Å²) >= 11 is 0. The molecule has 0 amide bonds. The maximum atomic E-state index is 13.0. The molecule has 0 bridgehead atoms. The number of hydrogen-bond donors (Lipinski definition) is 1. The zero-order valence-electron chi connectivity index (χ0n) is 11.5. The van der Waals surface area contributed by atoms with Gasteiger partial charge in [0.05, 0.1) is 11.0 Å². The van der Waals surface area contributed by atoms with Crippen molar-refractivity contribution >= 4 is 9.84 Å². The highest BCUT2D eigenvalue weighted by atomic mass is 32.2. The van der Waals surface area contributed by atoms with Crippen LogP contribution in [0.4, 0.5) is 4.39 Å². The summed E-state index contributed by atoms with van der Waals surface area (Å²) in [6.07, 6.45) is 0. The molecular formula is C16H13FN2O2S. The van der Waals surface area contributed by atoms with E-state index in [0.717, 1.165) is 0 Å². The molecule has 0 heterocycles. The van der Waals surface area contributed by atoms with Crippen LogP contribution in [0.15, 0.2) is 59.5 Å². The second-order valence-electron chi connectivity index (χ2n) is 5.35. The summed E-state index contributed by atoms with van der Waals surface area (Å²) < 4.78 is 38.5. The molecule has 1 fully saturated rings. The van der Waals surface area contributed by atoms with Gasteiger partial charge in [0.2, 0.25) is 0 Å². The minimum Gasteiger partial charge on any atom is -0.312 e. The Morgan fingerprint density at radius 2 is 1.68 bits per heavy atom. The van der Waals surface area contributed by atoms with Crippen LogP contribution in [0.1, 0.15) is 11.5 Å². The highest BCUT2D eigenvalue weighted by molar-refractivity contribution is 7.92. The molecule has 0 saturated heterocycles. The van der Waals surface area contributed by atoms with Crippen LogP contribution in [0.5, 0.6) is 0 Å². The summed E-state index contributed by atoms with van der Waals surface area (Å²) in [6, 6.07) is 15.2. The molecule has 2 aromatic rings. The van der Waals surface area contributed by atoms with E-state index in [9.17, 15) is 18.1 Å². The molecule has 0 radical (unpaired) electrons. The predicted octanol–water partition coefficient (Wildman–Crippen LogP) is 1.99. The minimum atomic E-state index is -3.73. The number of hydrogen-bond acceptors (Lipinski definition) is 4. The summed E-state index contributed by atoms with van der Waals surface area (Å²) in [6.45, 7) is 0. The van der Waals surface area contributed by atoms with Gasteiger partial charge >= 0.3 is 0 Å². The van der Waals surface area contributed by atoms with Gasteiger partial charge in [0, 0.05) is 5.92 Å². The molecule has 112 valence electrons. The van der Waals surface area contributed by atoms with Crippen LogP contribution in [-0.4, -0.2) is 19.2 Å². The molecule has 6 heteroatoms. The van der Waals surface area contributed by atoms with E-state index >= 15 is 0 Å². The topological polar surface area (TPSA) is 83.9 Å². The second-order valence-corrected chi connectivity index (χ2v) is 7.42. The fourth-order valence-corrected chi connectivity index (χ4v) is 5.03. The lowest BCUT2D eigenvalue weighted by molar-refractivity contribution is 0.592. The molecule has 4 nitrogen and oxygen atoms in total. The Kier molecular flexibility index (Phi) is 3.28. The van der Waals surface area contributed by atoms with E-state index in [0.29, 0.717) is 5.56 Å². The Balaban J connectivity index is 2.04. The number of nitrogens with two attached hydrogens (primary N) is 1. The summed E-state index contributed by atoms with van der Waals surface area (Å²) in [4.78, 5) is 0.134. The van der Waals surface area contributed by atoms with Crippen LogP contribution >= 0.6 is 0 Å². The number of sulfone groups is 1. The zero-order valence-corrected chi connectivity index (χ0v) is 12.3. The molecule has 1 saturated carbocycles. The summed E-state index contributed by atoms with van der Waals surface area (Å²) in [5.41, 5.74) is 5.05. The van der Waals surface area contributed by atoms with Crippen LogP contribution < -0.4 is 5.73 Å². The Morgan fingerprint density at radius 3 is 2.23 bits per heavy atom. The Hall–Kier alpha value is -2.23. The van der Waals surface area contributed by atoms with Gasteiger partial charge in [-0.3, -0.25) is 0 Å². The van der Waals surface area contributed by atoms with Crippen LogP contribution in [0, 0.1) is 17.1 Å². The van der Waals surface area contributed by atoms with Gasteiger partial charge < -0.3 is 5.73 Å². The Labute approximate surface area is 127 Å². The quantitative estimate of drug-likeness (QED) is 0.938. The summed E-state index contributed by atoms with van der Waals surface area (Å²) in [5.74, 6) is -1.09. The minimum absolute atomic E-state index is 0.134. The van der Waals surface area contributed by atoms with Crippen molar-refractivity contribution in [3.8, 4) is 6.07 Å². The molecule has 1 aliphatic rings. The van der Waals surface area contributed by atoms with Crippen LogP contribution in [0.2, 0.25) is 0 Å². The second kappa shape index (κ2) is 4.90. The molecule has 0 aliphatic heterocycles. The lowest BCUT2D eigenvalue weighted by Gasteiger charge is -2.04. The molecule has 0 aromatic heterocycles. The average Bonchev–Trinajstić information content (AvgIpc) is 3.17. The van der Waals surface area contributed by atoms with Gasteiger partial charge in [0.1, 0.15) is 16.6 Å². The average molecular weight is 316 g/mol. The first-order valence-electron chi connectivity index (χ1n) is 6.66. The molecule has 3 rings (SSSR count). The normalized spacial score (nSPS) is 27.1. The van der Waals surface area contributed by atoms with Crippen molar-refractivity contribution in [3.05, 3.63) is 66.0 Å². The van der Waals surface area contributed by atoms with Crippen molar-refractivity contribution in [2.45, 2.75) is 21.6 Å². The number of nitrogens with zero attached hydrogens (tertiary/aromatic N) is 1. The van der Waals surface area contributed by atoms with Crippen molar-refractivity contribution < 1.29 is 12.8 Å². The van der Waals surface area contributed by atoms with Crippen molar-refractivity contribution in [1.29, 1.82) is 5.26 Å². The SMILES string of the molecule is N#C[C@@]1(N)[C@H](c2ccc(F)cc2)[C@@H]1S(=O)(=O)c1ccccc1. The molecule has 1 aliphatic carbocycles. The van der Waals surface area contributed by atoms with E-state index in [-0.39, 0.29) is 4.90 Å².